The maximum atomic E-state index is 10.5. The van der Waals surface area contributed by atoms with Crippen LogP contribution in [0.5, 0.6) is 0 Å². The Labute approximate surface area is 98.8 Å². The van der Waals surface area contributed by atoms with Gasteiger partial charge in [-0.1, -0.05) is 12.8 Å². The van der Waals surface area contributed by atoms with Crippen molar-refractivity contribution in [2.75, 3.05) is 32.8 Å². The van der Waals surface area contributed by atoms with Crippen molar-refractivity contribution in [1.29, 1.82) is 0 Å². The largest absolute Gasteiger partial charge is 0.390 e. The number of piperidine rings is 1. The molecule has 2 atom stereocenters. The Morgan fingerprint density at radius 1 is 1.38 bits per heavy atom. The van der Waals surface area contributed by atoms with Crippen molar-refractivity contribution in [1.82, 2.24) is 4.90 Å². The van der Waals surface area contributed by atoms with Crippen molar-refractivity contribution in [2.24, 2.45) is 5.92 Å². The van der Waals surface area contributed by atoms with Crippen molar-refractivity contribution in [3.8, 4) is 0 Å². The Bertz CT molecular complexity index is 222. The van der Waals surface area contributed by atoms with E-state index in [2.05, 4.69) is 4.90 Å². The summed E-state index contributed by atoms with van der Waals surface area (Å²) in [6, 6.07) is 0. The highest BCUT2D eigenvalue weighted by Crippen LogP contribution is 2.39. The van der Waals surface area contributed by atoms with E-state index >= 15 is 0 Å². The van der Waals surface area contributed by atoms with Crippen LogP contribution in [0.1, 0.15) is 39.0 Å². The van der Waals surface area contributed by atoms with Gasteiger partial charge in [-0.3, -0.25) is 0 Å². The third-order valence-electron chi connectivity index (χ3n) is 4.27. The Kier molecular flexibility index (Phi) is 4.22. The first kappa shape index (κ1) is 12.3. The number of likely N-dealkylation sites (tertiary alicyclic amines) is 1. The van der Waals surface area contributed by atoms with E-state index in [9.17, 15) is 5.11 Å². The minimum atomic E-state index is -0.333. The van der Waals surface area contributed by atoms with Gasteiger partial charge in [-0.25, -0.2) is 0 Å². The van der Waals surface area contributed by atoms with Crippen LogP contribution in [0.25, 0.3) is 0 Å². The van der Waals surface area contributed by atoms with Crippen molar-refractivity contribution in [2.45, 2.75) is 44.6 Å². The molecule has 0 bridgehead atoms. The highest BCUT2D eigenvalue weighted by Gasteiger charge is 2.42. The molecule has 3 heteroatoms. The average Bonchev–Trinajstić information content (AvgIpc) is 2.29. The summed E-state index contributed by atoms with van der Waals surface area (Å²) >= 11 is 0. The molecule has 94 valence electrons. The van der Waals surface area contributed by atoms with Crippen molar-refractivity contribution in [3.05, 3.63) is 0 Å². The lowest BCUT2D eigenvalue weighted by molar-refractivity contribution is -0.0976. The first-order valence-electron chi connectivity index (χ1n) is 6.77. The van der Waals surface area contributed by atoms with E-state index in [4.69, 9.17) is 4.74 Å². The van der Waals surface area contributed by atoms with Crippen LogP contribution in [0.2, 0.25) is 0 Å². The van der Waals surface area contributed by atoms with Crippen molar-refractivity contribution in [3.63, 3.8) is 0 Å². The molecule has 0 aromatic carbocycles. The predicted octanol–water partition coefficient (Wildman–Crippen LogP) is 1.65. The fourth-order valence-corrected chi connectivity index (χ4v) is 3.18. The zero-order chi connectivity index (χ0) is 11.4. The summed E-state index contributed by atoms with van der Waals surface area (Å²) in [7, 11) is 0. The summed E-state index contributed by atoms with van der Waals surface area (Å²) in [4.78, 5) is 2.46. The second-order valence-corrected chi connectivity index (χ2v) is 5.29. The number of ether oxygens (including phenoxy) is 1. The smallest absolute Gasteiger partial charge is 0.0700 e. The highest BCUT2D eigenvalue weighted by molar-refractivity contribution is 4.95. The summed E-state index contributed by atoms with van der Waals surface area (Å²) in [6.07, 6.45) is 5.71. The molecule has 1 aliphatic carbocycles. The number of rotatable bonds is 4. The maximum absolute atomic E-state index is 10.5. The molecular formula is C13H25NO2. The van der Waals surface area contributed by atoms with Gasteiger partial charge in [-0.15, -0.1) is 0 Å². The zero-order valence-electron chi connectivity index (χ0n) is 10.5. The lowest BCUT2D eigenvalue weighted by Crippen LogP contribution is -2.53. The fourth-order valence-electron chi connectivity index (χ4n) is 3.18. The van der Waals surface area contributed by atoms with Gasteiger partial charge in [0.2, 0.25) is 0 Å². The molecule has 1 aliphatic heterocycles. The van der Waals surface area contributed by atoms with E-state index in [-0.39, 0.29) is 5.60 Å². The van der Waals surface area contributed by atoms with Crippen LogP contribution < -0.4 is 0 Å². The molecule has 1 saturated heterocycles. The number of fused-ring (bicyclic) bond motifs is 1. The van der Waals surface area contributed by atoms with Crippen LogP contribution in [0.3, 0.4) is 0 Å². The van der Waals surface area contributed by atoms with Gasteiger partial charge < -0.3 is 14.7 Å². The zero-order valence-corrected chi connectivity index (χ0v) is 10.5. The third-order valence-corrected chi connectivity index (χ3v) is 4.27. The fraction of sp³-hybridized carbons (Fsp3) is 1.00. The van der Waals surface area contributed by atoms with Crippen LogP contribution in [-0.2, 0) is 4.74 Å². The summed E-state index contributed by atoms with van der Waals surface area (Å²) in [5.74, 6) is 0.511. The molecule has 1 saturated carbocycles. The van der Waals surface area contributed by atoms with Crippen LogP contribution >= 0.6 is 0 Å². The van der Waals surface area contributed by atoms with Crippen molar-refractivity contribution < 1.29 is 9.84 Å². The SMILES string of the molecule is CCOCCN1CCC2(O)CCCCC2C1. The third kappa shape index (κ3) is 2.76. The molecule has 2 fully saturated rings. The van der Waals surface area contributed by atoms with Gasteiger partial charge in [0.15, 0.2) is 0 Å². The number of hydrogen-bond donors (Lipinski definition) is 1. The van der Waals surface area contributed by atoms with E-state index in [0.29, 0.717) is 5.92 Å². The van der Waals surface area contributed by atoms with Gasteiger partial charge in [0.25, 0.3) is 0 Å². The molecule has 2 aliphatic rings. The molecular weight excluding hydrogens is 202 g/mol. The Morgan fingerprint density at radius 3 is 3.06 bits per heavy atom. The predicted molar refractivity (Wildman–Crippen MR) is 64.5 cm³/mol. The standard InChI is InChI=1S/C13H25NO2/c1-2-16-10-9-14-8-7-13(15)6-4-3-5-12(13)11-14/h12,15H,2-11H2,1H3. The van der Waals surface area contributed by atoms with Crippen molar-refractivity contribution >= 4 is 0 Å². The quantitative estimate of drug-likeness (QED) is 0.741. The molecule has 1 N–H and O–H groups in total. The molecule has 0 spiro atoms. The molecule has 3 nitrogen and oxygen atoms in total. The monoisotopic (exact) mass is 227 g/mol. The Balaban J connectivity index is 1.80. The highest BCUT2D eigenvalue weighted by atomic mass is 16.5. The van der Waals surface area contributed by atoms with E-state index in [1.54, 1.807) is 0 Å². The topological polar surface area (TPSA) is 32.7 Å². The molecule has 0 amide bonds. The van der Waals surface area contributed by atoms with Crippen LogP contribution in [0, 0.1) is 5.92 Å². The first-order chi connectivity index (χ1) is 7.74. The van der Waals surface area contributed by atoms with Gasteiger partial charge in [-0.2, -0.15) is 0 Å². The maximum Gasteiger partial charge on any atom is 0.0700 e. The van der Waals surface area contributed by atoms with Gasteiger partial charge in [0.05, 0.1) is 12.2 Å². The lowest BCUT2D eigenvalue weighted by atomic mass is 9.71. The molecule has 1 heterocycles. The first-order valence-corrected chi connectivity index (χ1v) is 6.77. The van der Waals surface area contributed by atoms with Gasteiger partial charge in [0.1, 0.15) is 0 Å². The average molecular weight is 227 g/mol. The summed E-state index contributed by atoms with van der Waals surface area (Å²) in [5.41, 5.74) is -0.333. The van der Waals surface area contributed by atoms with E-state index in [0.717, 1.165) is 45.7 Å². The number of hydrogen-bond acceptors (Lipinski definition) is 3. The molecule has 0 aromatic heterocycles. The van der Waals surface area contributed by atoms with Gasteiger partial charge in [-0.05, 0) is 26.2 Å². The van der Waals surface area contributed by atoms with Gasteiger partial charge in [0, 0.05) is 32.2 Å². The summed E-state index contributed by atoms with van der Waals surface area (Å²) in [5, 5.41) is 10.5. The minimum absolute atomic E-state index is 0.333. The van der Waals surface area contributed by atoms with Crippen LogP contribution in [-0.4, -0.2) is 48.5 Å². The molecule has 2 unspecified atom stereocenters. The Morgan fingerprint density at radius 2 is 2.25 bits per heavy atom. The second-order valence-electron chi connectivity index (χ2n) is 5.29. The summed E-state index contributed by atoms with van der Waals surface area (Å²) in [6.45, 7) is 6.82. The van der Waals surface area contributed by atoms with Crippen LogP contribution in [0.4, 0.5) is 0 Å². The van der Waals surface area contributed by atoms with Crippen LogP contribution in [0.15, 0.2) is 0 Å². The Hall–Kier alpha value is -0.120. The van der Waals surface area contributed by atoms with Gasteiger partial charge >= 0.3 is 0 Å². The summed E-state index contributed by atoms with van der Waals surface area (Å²) < 4.78 is 5.39. The molecule has 0 radical (unpaired) electrons. The van der Waals surface area contributed by atoms with E-state index in [1.807, 2.05) is 6.92 Å². The normalized spacial score (nSPS) is 36.0. The number of aliphatic hydroxyl groups is 1. The van der Waals surface area contributed by atoms with E-state index in [1.165, 1.54) is 19.3 Å². The second kappa shape index (κ2) is 5.48. The molecule has 16 heavy (non-hydrogen) atoms. The van der Waals surface area contributed by atoms with E-state index < -0.39 is 0 Å². The minimum Gasteiger partial charge on any atom is -0.390 e. The molecule has 2 rings (SSSR count). The lowest BCUT2D eigenvalue weighted by Gasteiger charge is -2.47. The molecule has 0 aromatic rings. The number of nitrogens with zero attached hydrogens (tertiary/aromatic N) is 1.